The molecule has 0 aliphatic carbocycles. The molecule has 2 aromatic rings. The number of likely N-dealkylation sites (N-methyl/N-ethyl adjacent to an activating group) is 1. The van der Waals surface area contributed by atoms with Gasteiger partial charge in [0.05, 0.1) is 5.69 Å². The molecule has 1 aliphatic heterocycles. The Morgan fingerprint density at radius 2 is 1.85 bits per heavy atom. The van der Waals surface area contributed by atoms with Gasteiger partial charge >= 0.3 is 0 Å². The van der Waals surface area contributed by atoms with Crippen LogP contribution in [0.15, 0.2) is 42.5 Å². The third kappa shape index (κ3) is 1.79. The number of amides is 1. The maximum Gasteiger partial charge on any atom is 0.249 e. The molecule has 1 unspecified atom stereocenters. The highest BCUT2D eigenvalue weighted by Crippen LogP contribution is 2.38. The Morgan fingerprint density at radius 1 is 1.15 bits per heavy atom. The number of anilines is 4. The number of carbonyl (C=O) groups is 1. The van der Waals surface area contributed by atoms with Crippen LogP contribution < -0.4 is 15.5 Å². The van der Waals surface area contributed by atoms with Crippen LogP contribution in [0.2, 0.25) is 0 Å². The molecule has 0 saturated carbocycles. The van der Waals surface area contributed by atoms with E-state index >= 15 is 0 Å². The minimum Gasteiger partial charge on any atom is -0.384 e. The van der Waals surface area contributed by atoms with Crippen molar-refractivity contribution >= 4 is 28.9 Å². The number of fused-ring (bicyclic) bond motifs is 1. The Balaban J connectivity index is 2.21. The van der Waals surface area contributed by atoms with Crippen LogP contribution in [0.5, 0.6) is 0 Å². The van der Waals surface area contributed by atoms with Crippen molar-refractivity contribution in [3.05, 3.63) is 42.5 Å². The first-order valence-corrected chi connectivity index (χ1v) is 6.48. The second kappa shape index (κ2) is 4.52. The van der Waals surface area contributed by atoms with Crippen molar-refractivity contribution in [2.75, 3.05) is 22.6 Å². The molecule has 102 valence electrons. The minimum atomic E-state index is -0.316. The van der Waals surface area contributed by atoms with E-state index in [1.165, 1.54) is 0 Å². The van der Waals surface area contributed by atoms with Crippen LogP contribution in [0.4, 0.5) is 23.0 Å². The molecule has 1 aromatic heterocycles. The fourth-order valence-corrected chi connectivity index (χ4v) is 2.52. The van der Waals surface area contributed by atoms with Gasteiger partial charge < -0.3 is 15.5 Å². The normalized spacial score (nSPS) is 18.1. The Hall–Kier alpha value is -2.56. The van der Waals surface area contributed by atoms with Gasteiger partial charge in [0.2, 0.25) is 5.91 Å². The SMILES string of the molecule is CC1C(=O)N(C)c2ccc(N)nc2N1c1ccccc1. The topological polar surface area (TPSA) is 62.5 Å². The van der Waals surface area contributed by atoms with Crippen LogP contribution in [0.1, 0.15) is 6.92 Å². The van der Waals surface area contributed by atoms with Crippen molar-refractivity contribution in [3.8, 4) is 0 Å². The summed E-state index contributed by atoms with van der Waals surface area (Å²) in [6, 6.07) is 13.0. The smallest absolute Gasteiger partial charge is 0.249 e. The monoisotopic (exact) mass is 268 g/mol. The van der Waals surface area contributed by atoms with Gasteiger partial charge in [-0.3, -0.25) is 4.79 Å². The van der Waals surface area contributed by atoms with Gasteiger partial charge in [0.15, 0.2) is 5.82 Å². The first-order chi connectivity index (χ1) is 9.59. The standard InChI is InChI=1S/C15H16N4O/c1-10-15(20)18(2)12-8-9-13(16)17-14(12)19(10)11-6-4-3-5-7-11/h3-10H,1-2H3,(H2,16,17). The summed E-state index contributed by atoms with van der Waals surface area (Å²) in [4.78, 5) is 20.4. The van der Waals surface area contributed by atoms with Gasteiger partial charge in [-0.25, -0.2) is 4.98 Å². The number of nitrogens with zero attached hydrogens (tertiary/aromatic N) is 3. The molecule has 0 spiro atoms. The number of benzene rings is 1. The summed E-state index contributed by atoms with van der Waals surface area (Å²) in [7, 11) is 1.76. The van der Waals surface area contributed by atoms with Crippen LogP contribution in [0, 0.1) is 0 Å². The molecule has 5 nitrogen and oxygen atoms in total. The zero-order valence-electron chi connectivity index (χ0n) is 11.4. The van der Waals surface area contributed by atoms with Crippen LogP contribution in [-0.2, 0) is 4.79 Å². The van der Waals surface area contributed by atoms with E-state index in [1.54, 1.807) is 18.0 Å². The summed E-state index contributed by atoms with van der Waals surface area (Å²) in [5.41, 5.74) is 7.51. The lowest BCUT2D eigenvalue weighted by molar-refractivity contribution is -0.119. The summed E-state index contributed by atoms with van der Waals surface area (Å²) in [6.07, 6.45) is 0. The maximum atomic E-state index is 12.4. The lowest BCUT2D eigenvalue weighted by Crippen LogP contribution is -2.49. The first-order valence-electron chi connectivity index (χ1n) is 6.48. The minimum absolute atomic E-state index is 0.0351. The number of para-hydroxylation sites is 1. The predicted octanol–water partition coefficient (Wildman–Crippen LogP) is 2.17. The fourth-order valence-electron chi connectivity index (χ4n) is 2.52. The quantitative estimate of drug-likeness (QED) is 0.861. The Morgan fingerprint density at radius 3 is 2.55 bits per heavy atom. The number of aromatic nitrogens is 1. The van der Waals surface area contributed by atoms with Crippen LogP contribution in [0.25, 0.3) is 0 Å². The Labute approximate surface area is 117 Å². The fraction of sp³-hybridized carbons (Fsp3) is 0.200. The lowest BCUT2D eigenvalue weighted by atomic mass is 10.1. The van der Waals surface area contributed by atoms with Crippen molar-refractivity contribution < 1.29 is 4.79 Å². The third-order valence-electron chi connectivity index (χ3n) is 3.58. The highest BCUT2D eigenvalue weighted by Gasteiger charge is 2.35. The second-order valence-electron chi connectivity index (χ2n) is 4.86. The van der Waals surface area contributed by atoms with Crippen molar-refractivity contribution in [1.29, 1.82) is 0 Å². The van der Waals surface area contributed by atoms with Gasteiger partial charge in [-0.2, -0.15) is 0 Å². The Kier molecular flexibility index (Phi) is 2.82. The molecule has 1 aliphatic rings. The van der Waals surface area contributed by atoms with E-state index in [2.05, 4.69) is 4.98 Å². The van der Waals surface area contributed by atoms with E-state index in [0.717, 1.165) is 11.4 Å². The van der Waals surface area contributed by atoms with E-state index in [0.29, 0.717) is 11.6 Å². The highest BCUT2D eigenvalue weighted by atomic mass is 16.2. The maximum absolute atomic E-state index is 12.4. The molecule has 2 N–H and O–H groups in total. The van der Waals surface area contributed by atoms with Crippen molar-refractivity contribution in [1.82, 2.24) is 4.98 Å². The number of rotatable bonds is 1. The van der Waals surface area contributed by atoms with Gasteiger partial charge in [-0.05, 0) is 31.2 Å². The number of pyridine rings is 1. The number of nitrogen functional groups attached to an aromatic ring is 1. The molecule has 1 atom stereocenters. The summed E-state index contributed by atoms with van der Waals surface area (Å²) >= 11 is 0. The van der Waals surface area contributed by atoms with Crippen LogP contribution >= 0.6 is 0 Å². The van der Waals surface area contributed by atoms with Gasteiger partial charge in [-0.1, -0.05) is 18.2 Å². The van der Waals surface area contributed by atoms with E-state index in [-0.39, 0.29) is 11.9 Å². The third-order valence-corrected chi connectivity index (χ3v) is 3.58. The molecule has 1 aromatic carbocycles. The van der Waals surface area contributed by atoms with E-state index in [9.17, 15) is 4.79 Å². The second-order valence-corrected chi connectivity index (χ2v) is 4.86. The zero-order chi connectivity index (χ0) is 14.3. The molecule has 20 heavy (non-hydrogen) atoms. The molecule has 3 rings (SSSR count). The predicted molar refractivity (Wildman–Crippen MR) is 80.1 cm³/mol. The van der Waals surface area contributed by atoms with Crippen LogP contribution in [-0.4, -0.2) is 24.0 Å². The molecule has 5 heteroatoms. The number of hydrogen-bond acceptors (Lipinski definition) is 4. The molecule has 1 amide bonds. The number of carbonyl (C=O) groups excluding carboxylic acids is 1. The zero-order valence-corrected chi connectivity index (χ0v) is 11.4. The molecule has 0 fully saturated rings. The molecule has 0 saturated heterocycles. The summed E-state index contributed by atoms with van der Waals surface area (Å²) < 4.78 is 0. The molecular formula is C15H16N4O. The number of hydrogen-bond donors (Lipinski definition) is 1. The van der Waals surface area contributed by atoms with E-state index in [1.807, 2.05) is 48.2 Å². The van der Waals surface area contributed by atoms with Gasteiger partial charge in [-0.15, -0.1) is 0 Å². The molecule has 0 bridgehead atoms. The largest absolute Gasteiger partial charge is 0.384 e. The van der Waals surface area contributed by atoms with E-state index < -0.39 is 0 Å². The summed E-state index contributed by atoms with van der Waals surface area (Å²) in [5.74, 6) is 1.19. The van der Waals surface area contributed by atoms with Gasteiger partial charge in [0.25, 0.3) is 0 Å². The average Bonchev–Trinajstić information content (AvgIpc) is 2.46. The lowest BCUT2D eigenvalue weighted by Gasteiger charge is -2.39. The average molecular weight is 268 g/mol. The van der Waals surface area contributed by atoms with Crippen molar-refractivity contribution in [2.24, 2.45) is 0 Å². The van der Waals surface area contributed by atoms with Gasteiger partial charge in [0.1, 0.15) is 11.9 Å². The summed E-state index contributed by atoms with van der Waals surface area (Å²) in [5, 5.41) is 0. The van der Waals surface area contributed by atoms with E-state index in [4.69, 9.17) is 5.73 Å². The van der Waals surface area contributed by atoms with Crippen LogP contribution in [0.3, 0.4) is 0 Å². The molecule has 0 radical (unpaired) electrons. The van der Waals surface area contributed by atoms with Gasteiger partial charge in [0, 0.05) is 12.7 Å². The van der Waals surface area contributed by atoms with Crippen molar-refractivity contribution in [2.45, 2.75) is 13.0 Å². The first kappa shape index (κ1) is 12.5. The Bertz CT molecular complexity index is 656. The van der Waals surface area contributed by atoms with Crippen molar-refractivity contribution in [3.63, 3.8) is 0 Å². The highest BCUT2D eigenvalue weighted by molar-refractivity contribution is 6.06. The molecule has 2 heterocycles. The number of nitrogens with two attached hydrogens (primary N) is 1. The summed E-state index contributed by atoms with van der Waals surface area (Å²) in [6.45, 7) is 1.87. The molecular weight excluding hydrogens is 252 g/mol.